The molecule has 1 atom stereocenters. The lowest BCUT2D eigenvalue weighted by Gasteiger charge is -2.29. The second kappa shape index (κ2) is 11.3. The average Bonchev–Trinajstić information content (AvgIpc) is 2.47. The molecule has 0 fully saturated rings. The predicted octanol–water partition coefficient (Wildman–Crippen LogP) is 4.64. The van der Waals surface area contributed by atoms with Crippen molar-refractivity contribution in [3.8, 4) is 0 Å². The van der Waals surface area contributed by atoms with Crippen molar-refractivity contribution in [2.45, 2.75) is 79.7 Å². The summed E-state index contributed by atoms with van der Waals surface area (Å²) in [6.07, 6.45) is 5.03. The van der Waals surface area contributed by atoms with Crippen LogP contribution in [0.5, 0.6) is 0 Å². The number of likely N-dealkylation sites (N-methyl/N-ethyl adjacent to an activating group) is 1. The number of esters is 1. The minimum Gasteiger partial charge on any atom is -0.464 e. The molecule has 0 aliphatic heterocycles. The van der Waals surface area contributed by atoms with Crippen molar-refractivity contribution in [1.82, 2.24) is 4.90 Å². The highest BCUT2D eigenvalue weighted by molar-refractivity contribution is 5.81. The molecule has 0 saturated carbocycles. The summed E-state index contributed by atoms with van der Waals surface area (Å²) < 4.78 is 10.7. The van der Waals surface area contributed by atoms with Crippen LogP contribution in [0, 0.1) is 11.3 Å². The third kappa shape index (κ3) is 9.78. The van der Waals surface area contributed by atoms with E-state index in [1.807, 2.05) is 34.6 Å². The van der Waals surface area contributed by atoms with Gasteiger partial charge in [-0.25, -0.2) is 9.59 Å². The number of ether oxygens (including phenoxy) is 2. The van der Waals surface area contributed by atoms with Gasteiger partial charge in [-0.2, -0.15) is 0 Å². The van der Waals surface area contributed by atoms with E-state index in [0.717, 1.165) is 12.8 Å². The molecule has 0 N–H and O–H groups in total. The number of carbonyl (C=O) groups is 2. The van der Waals surface area contributed by atoms with Crippen molar-refractivity contribution in [3.63, 3.8) is 0 Å². The lowest BCUT2D eigenvalue weighted by atomic mass is 9.99. The minimum absolute atomic E-state index is 0.0372. The van der Waals surface area contributed by atoms with E-state index in [4.69, 9.17) is 9.47 Å². The summed E-state index contributed by atoms with van der Waals surface area (Å²) in [7, 11) is 1.60. The molecule has 0 heterocycles. The summed E-state index contributed by atoms with van der Waals surface area (Å²) in [5.41, 5.74) is -0.108. The lowest BCUT2D eigenvalue weighted by Crippen LogP contribution is -2.47. The molecule has 0 bridgehead atoms. The first-order chi connectivity index (χ1) is 11.1. The summed E-state index contributed by atoms with van der Waals surface area (Å²) in [5, 5.41) is 0. The van der Waals surface area contributed by atoms with Crippen LogP contribution in [-0.4, -0.2) is 43.3 Å². The van der Waals surface area contributed by atoms with Crippen molar-refractivity contribution in [2.75, 3.05) is 20.3 Å². The smallest absolute Gasteiger partial charge is 0.410 e. The molecule has 0 aromatic rings. The van der Waals surface area contributed by atoms with Crippen LogP contribution >= 0.6 is 0 Å². The zero-order chi connectivity index (χ0) is 18.8. The topological polar surface area (TPSA) is 55.8 Å². The van der Waals surface area contributed by atoms with E-state index in [2.05, 4.69) is 6.92 Å². The molecular formula is C19H37NO4. The van der Waals surface area contributed by atoms with Gasteiger partial charge in [-0.15, -0.1) is 0 Å². The molecule has 5 heteroatoms. The van der Waals surface area contributed by atoms with Crippen LogP contribution in [0.1, 0.15) is 73.6 Å². The van der Waals surface area contributed by atoms with Crippen molar-refractivity contribution in [1.29, 1.82) is 0 Å². The lowest BCUT2D eigenvalue weighted by molar-refractivity contribution is -0.150. The molecule has 0 rings (SSSR count). The van der Waals surface area contributed by atoms with Gasteiger partial charge in [0.1, 0.15) is 6.04 Å². The molecule has 24 heavy (non-hydrogen) atoms. The van der Waals surface area contributed by atoms with Gasteiger partial charge in [-0.05, 0) is 17.8 Å². The molecule has 0 aromatic carbocycles. The van der Waals surface area contributed by atoms with Crippen LogP contribution in [0.3, 0.4) is 0 Å². The molecule has 0 aliphatic carbocycles. The summed E-state index contributed by atoms with van der Waals surface area (Å²) in [4.78, 5) is 25.9. The van der Waals surface area contributed by atoms with Crippen molar-refractivity contribution < 1.29 is 19.1 Å². The maximum atomic E-state index is 12.3. The number of unbranched alkanes of at least 4 members (excludes halogenated alkanes) is 4. The molecule has 0 saturated heterocycles. The fourth-order valence-corrected chi connectivity index (χ4v) is 2.33. The van der Waals surface area contributed by atoms with Crippen LogP contribution in [0.4, 0.5) is 4.79 Å². The van der Waals surface area contributed by atoms with Gasteiger partial charge < -0.3 is 9.47 Å². The second-order valence-electron chi connectivity index (χ2n) is 8.00. The Hall–Kier alpha value is -1.26. The van der Waals surface area contributed by atoms with Gasteiger partial charge in [0.15, 0.2) is 0 Å². The number of nitrogens with zero attached hydrogens (tertiary/aromatic N) is 1. The molecule has 0 radical (unpaired) electrons. The highest BCUT2D eigenvalue weighted by Crippen LogP contribution is 2.17. The van der Waals surface area contributed by atoms with Crippen LogP contribution in [0.25, 0.3) is 0 Å². The molecule has 0 aromatic heterocycles. The third-order valence-corrected chi connectivity index (χ3v) is 3.70. The normalized spacial score (nSPS) is 12.8. The summed E-state index contributed by atoms with van der Waals surface area (Å²) in [6, 6.07) is -0.617. The van der Waals surface area contributed by atoms with Crippen LogP contribution < -0.4 is 0 Å². The quantitative estimate of drug-likeness (QED) is 0.428. The van der Waals surface area contributed by atoms with E-state index < -0.39 is 12.1 Å². The highest BCUT2D eigenvalue weighted by atomic mass is 16.6. The Bertz CT molecular complexity index is 374. The van der Waals surface area contributed by atoms with Crippen molar-refractivity contribution in [3.05, 3.63) is 0 Å². The number of hydrogen-bond donors (Lipinski definition) is 0. The largest absolute Gasteiger partial charge is 0.464 e. The zero-order valence-corrected chi connectivity index (χ0v) is 16.7. The van der Waals surface area contributed by atoms with Gasteiger partial charge in [0.05, 0.1) is 13.2 Å². The van der Waals surface area contributed by atoms with Gasteiger partial charge in [0, 0.05) is 7.05 Å². The molecule has 0 aliphatic rings. The Kier molecular flexibility index (Phi) is 10.7. The number of carbonyl (C=O) groups excluding carboxylic acids is 2. The maximum Gasteiger partial charge on any atom is 0.410 e. The van der Waals surface area contributed by atoms with Gasteiger partial charge in [-0.3, -0.25) is 4.90 Å². The Morgan fingerprint density at radius 3 is 2.08 bits per heavy atom. The highest BCUT2D eigenvalue weighted by Gasteiger charge is 2.32. The van der Waals surface area contributed by atoms with Gasteiger partial charge in [0.25, 0.3) is 0 Å². The van der Waals surface area contributed by atoms with E-state index in [9.17, 15) is 9.59 Å². The van der Waals surface area contributed by atoms with E-state index >= 15 is 0 Å². The van der Waals surface area contributed by atoms with E-state index in [1.165, 1.54) is 24.2 Å². The van der Waals surface area contributed by atoms with Crippen molar-refractivity contribution >= 4 is 12.1 Å². The Morgan fingerprint density at radius 2 is 1.58 bits per heavy atom. The fraction of sp³-hybridized carbons (Fsp3) is 0.895. The third-order valence-electron chi connectivity index (χ3n) is 3.70. The summed E-state index contributed by atoms with van der Waals surface area (Å²) in [6.45, 7) is 12.7. The van der Waals surface area contributed by atoms with Gasteiger partial charge in [0.2, 0.25) is 0 Å². The zero-order valence-electron chi connectivity index (χ0n) is 16.7. The molecule has 0 spiro atoms. The summed E-state index contributed by atoms with van der Waals surface area (Å²) >= 11 is 0. The first kappa shape index (κ1) is 22.7. The Balaban J connectivity index is 4.44. The van der Waals surface area contributed by atoms with E-state index in [-0.39, 0.29) is 17.3 Å². The number of amides is 1. The second-order valence-corrected chi connectivity index (χ2v) is 8.00. The molecule has 1 amide bonds. The standard InChI is InChI=1S/C19H37NO4/c1-8-9-10-11-12-13-23-17(21)16(15(2)3)20(7)18(22)24-14-19(4,5)6/h15-16H,8-14H2,1-7H3. The van der Waals surface area contributed by atoms with Crippen LogP contribution in [-0.2, 0) is 14.3 Å². The van der Waals surface area contributed by atoms with Crippen molar-refractivity contribution in [2.24, 2.45) is 11.3 Å². The minimum atomic E-state index is -0.617. The first-order valence-electron chi connectivity index (χ1n) is 9.16. The molecule has 142 valence electrons. The number of rotatable bonds is 10. The summed E-state index contributed by atoms with van der Waals surface area (Å²) in [5.74, 6) is -0.388. The van der Waals surface area contributed by atoms with Crippen LogP contribution in [0.15, 0.2) is 0 Å². The SMILES string of the molecule is CCCCCCCOC(=O)C(C(C)C)N(C)C(=O)OCC(C)(C)C. The van der Waals surface area contributed by atoms with Gasteiger partial charge in [-0.1, -0.05) is 67.2 Å². The molecule has 1 unspecified atom stereocenters. The van der Waals surface area contributed by atoms with E-state index in [1.54, 1.807) is 7.05 Å². The first-order valence-corrected chi connectivity index (χ1v) is 9.16. The molecular weight excluding hydrogens is 306 g/mol. The van der Waals surface area contributed by atoms with Gasteiger partial charge >= 0.3 is 12.1 Å². The molecule has 5 nitrogen and oxygen atoms in total. The Morgan fingerprint density at radius 1 is 1.00 bits per heavy atom. The van der Waals surface area contributed by atoms with Crippen LogP contribution in [0.2, 0.25) is 0 Å². The monoisotopic (exact) mass is 343 g/mol. The fourth-order valence-electron chi connectivity index (χ4n) is 2.33. The number of hydrogen-bond acceptors (Lipinski definition) is 4. The predicted molar refractivity (Wildman–Crippen MR) is 96.9 cm³/mol. The maximum absolute atomic E-state index is 12.3. The average molecular weight is 344 g/mol. The Labute approximate surface area is 148 Å². The van der Waals surface area contributed by atoms with E-state index in [0.29, 0.717) is 13.2 Å².